The number of likely N-dealkylation sites (N-methyl/N-ethyl adjacent to an activating group) is 1. The van der Waals surface area contributed by atoms with Gasteiger partial charge in [0, 0.05) is 44.8 Å². The number of carbonyl (C=O) groups is 1. The lowest BCUT2D eigenvalue weighted by atomic mass is 10.2. The Hall–Kier alpha value is -1.49. The molecule has 0 radical (unpaired) electrons. The highest BCUT2D eigenvalue weighted by Crippen LogP contribution is 2.30. The Morgan fingerprint density at radius 1 is 1.11 bits per heavy atom. The standard InChI is InChI=1S/C18H27N3O5S2/c1-3-20-8-10-21(11-9-20)17-12-27(23,24)13-18(17)28(25,26)16-6-4-15(5-7-16)19-14(2)22/h4-7,17-18H,3,8-13H2,1-2H3,(H,19,22)/t17-,18-/m0/s1. The fourth-order valence-electron chi connectivity index (χ4n) is 3.95. The van der Waals surface area contributed by atoms with Crippen LogP contribution in [0.1, 0.15) is 13.8 Å². The van der Waals surface area contributed by atoms with Crippen LogP contribution in [-0.2, 0) is 24.5 Å². The van der Waals surface area contributed by atoms with Gasteiger partial charge in [-0.25, -0.2) is 16.8 Å². The predicted octanol–water partition coefficient (Wildman–Crippen LogP) is 0.222. The number of benzene rings is 1. The summed E-state index contributed by atoms with van der Waals surface area (Å²) in [4.78, 5) is 15.5. The lowest BCUT2D eigenvalue weighted by molar-refractivity contribution is -0.114. The summed E-state index contributed by atoms with van der Waals surface area (Å²) in [6, 6.07) is 5.37. The predicted molar refractivity (Wildman–Crippen MR) is 108 cm³/mol. The van der Waals surface area contributed by atoms with Crippen LogP contribution in [0.5, 0.6) is 0 Å². The van der Waals surface area contributed by atoms with Crippen molar-refractivity contribution in [1.29, 1.82) is 0 Å². The van der Waals surface area contributed by atoms with Crippen molar-refractivity contribution in [2.45, 2.75) is 30.0 Å². The zero-order chi connectivity index (χ0) is 20.5. The van der Waals surface area contributed by atoms with Crippen LogP contribution >= 0.6 is 0 Å². The molecule has 0 aromatic heterocycles. The van der Waals surface area contributed by atoms with Crippen molar-refractivity contribution in [3.8, 4) is 0 Å². The van der Waals surface area contributed by atoms with Crippen LogP contribution < -0.4 is 5.32 Å². The van der Waals surface area contributed by atoms with Gasteiger partial charge in [0.1, 0.15) is 0 Å². The number of sulfone groups is 2. The average molecular weight is 430 g/mol. The highest BCUT2D eigenvalue weighted by Gasteiger charge is 2.48. The summed E-state index contributed by atoms with van der Waals surface area (Å²) < 4.78 is 51.1. The third-order valence-corrected chi connectivity index (χ3v) is 9.63. The molecule has 2 heterocycles. The van der Waals surface area contributed by atoms with Crippen LogP contribution in [0.25, 0.3) is 0 Å². The maximum atomic E-state index is 13.2. The second-order valence-corrected chi connectivity index (χ2v) is 11.7. The topological polar surface area (TPSA) is 104 Å². The monoisotopic (exact) mass is 429 g/mol. The Kier molecular flexibility index (Phi) is 6.14. The van der Waals surface area contributed by atoms with E-state index in [0.29, 0.717) is 18.8 Å². The van der Waals surface area contributed by atoms with Gasteiger partial charge in [0.25, 0.3) is 0 Å². The molecule has 0 unspecified atom stereocenters. The molecule has 3 rings (SSSR count). The molecule has 1 aromatic carbocycles. The van der Waals surface area contributed by atoms with Crippen molar-refractivity contribution in [3.05, 3.63) is 24.3 Å². The summed E-state index contributed by atoms with van der Waals surface area (Å²) in [5.74, 6) is -0.710. The van der Waals surface area contributed by atoms with E-state index in [1.165, 1.54) is 31.2 Å². The van der Waals surface area contributed by atoms with Gasteiger partial charge in [-0.2, -0.15) is 0 Å². The first-order chi connectivity index (χ1) is 13.1. The van der Waals surface area contributed by atoms with E-state index in [-0.39, 0.29) is 22.3 Å². The Morgan fingerprint density at radius 2 is 1.71 bits per heavy atom. The molecule has 0 aliphatic carbocycles. The lowest BCUT2D eigenvalue weighted by Crippen LogP contribution is -2.54. The first-order valence-corrected chi connectivity index (χ1v) is 12.8. The van der Waals surface area contributed by atoms with Crippen molar-refractivity contribution in [2.24, 2.45) is 0 Å². The Labute approximate surface area is 166 Å². The molecule has 2 saturated heterocycles. The lowest BCUT2D eigenvalue weighted by Gasteiger charge is -2.38. The molecular weight excluding hydrogens is 402 g/mol. The molecular formula is C18H27N3O5S2. The maximum absolute atomic E-state index is 13.2. The van der Waals surface area contributed by atoms with Crippen molar-refractivity contribution in [3.63, 3.8) is 0 Å². The molecule has 2 aliphatic rings. The maximum Gasteiger partial charge on any atom is 0.221 e. The van der Waals surface area contributed by atoms with Crippen LogP contribution in [0.2, 0.25) is 0 Å². The summed E-state index contributed by atoms with van der Waals surface area (Å²) in [6.45, 7) is 7.34. The van der Waals surface area contributed by atoms with E-state index in [1.54, 1.807) is 0 Å². The molecule has 156 valence electrons. The second kappa shape index (κ2) is 8.10. The minimum absolute atomic E-state index is 0.0842. The fourth-order valence-corrected chi connectivity index (χ4v) is 8.78. The Morgan fingerprint density at radius 3 is 2.25 bits per heavy atom. The van der Waals surface area contributed by atoms with E-state index in [0.717, 1.165) is 19.6 Å². The molecule has 8 nitrogen and oxygen atoms in total. The van der Waals surface area contributed by atoms with Gasteiger partial charge in [0.05, 0.1) is 21.7 Å². The molecule has 2 fully saturated rings. The number of carbonyl (C=O) groups excluding carboxylic acids is 1. The third-order valence-electron chi connectivity index (χ3n) is 5.50. The normalized spacial score (nSPS) is 26.2. The molecule has 2 atom stereocenters. The smallest absolute Gasteiger partial charge is 0.221 e. The molecule has 1 aromatic rings. The first kappa shape index (κ1) is 21.2. The SMILES string of the molecule is CCN1CCN([C@H]2CS(=O)(=O)C[C@@H]2S(=O)(=O)c2ccc(NC(C)=O)cc2)CC1. The van der Waals surface area contributed by atoms with Crippen molar-refractivity contribution in [1.82, 2.24) is 9.80 Å². The number of rotatable bonds is 5. The van der Waals surface area contributed by atoms with Crippen LogP contribution in [0.3, 0.4) is 0 Å². The van der Waals surface area contributed by atoms with Gasteiger partial charge in [-0.3, -0.25) is 9.69 Å². The van der Waals surface area contributed by atoms with Gasteiger partial charge >= 0.3 is 0 Å². The number of nitrogens with zero attached hydrogens (tertiary/aromatic N) is 2. The highest BCUT2D eigenvalue weighted by atomic mass is 32.2. The highest BCUT2D eigenvalue weighted by molar-refractivity contribution is 7.96. The van der Waals surface area contributed by atoms with Gasteiger partial charge in [-0.05, 0) is 30.8 Å². The zero-order valence-corrected chi connectivity index (χ0v) is 17.8. The van der Waals surface area contributed by atoms with E-state index >= 15 is 0 Å². The largest absolute Gasteiger partial charge is 0.326 e. The van der Waals surface area contributed by atoms with Gasteiger partial charge in [0.2, 0.25) is 5.91 Å². The summed E-state index contributed by atoms with van der Waals surface area (Å²) in [7, 11) is -7.24. The Balaban J connectivity index is 1.85. The number of nitrogens with one attached hydrogen (secondary N) is 1. The van der Waals surface area contributed by atoms with E-state index in [2.05, 4.69) is 17.1 Å². The number of anilines is 1. The van der Waals surface area contributed by atoms with Gasteiger partial charge < -0.3 is 10.2 Å². The Bertz CT molecular complexity index is 920. The van der Waals surface area contributed by atoms with Crippen molar-refractivity contribution >= 4 is 31.3 Å². The van der Waals surface area contributed by atoms with E-state index in [1.807, 2.05) is 4.90 Å². The van der Waals surface area contributed by atoms with Crippen molar-refractivity contribution in [2.75, 3.05) is 49.5 Å². The molecule has 0 bridgehead atoms. The van der Waals surface area contributed by atoms with Crippen molar-refractivity contribution < 1.29 is 21.6 Å². The van der Waals surface area contributed by atoms with Crippen LogP contribution in [0.15, 0.2) is 29.2 Å². The minimum atomic E-state index is -3.82. The van der Waals surface area contributed by atoms with E-state index < -0.39 is 31.0 Å². The van der Waals surface area contributed by atoms with Gasteiger partial charge in [-0.15, -0.1) is 0 Å². The molecule has 10 heteroatoms. The minimum Gasteiger partial charge on any atom is -0.326 e. The first-order valence-electron chi connectivity index (χ1n) is 9.41. The number of hydrogen-bond donors (Lipinski definition) is 1. The summed E-state index contributed by atoms with van der Waals surface area (Å²) >= 11 is 0. The molecule has 2 aliphatic heterocycles. The number of piperazine rings is 1. The summed E-state index contributed by atoms with van der Waals surface area (Å²) in [5, 5.41) is 1.62. The molecule has 0 saturated carbocycles. The van der Waals surface area contributed by atoms with Crippen LogP contribution in [0.4, 0.5) is 5.69 Å². The zero-order valence-electron chi connectivity index (χ0n) is 16.2. The van der Waals surface area contributed by atoms with Gasteiger partial charge in [0.15, 0.2) is 19.7 Å². The van der Waals surface area contributed by atoms with Crippen LogP contribution in [-0.4, -0.2) is 88.1 Å². The van der Waals surface area contributed by atoms with E-state index in [4.69, 9.17) is 0 Å². The fraction of sp³-hybridized carbons (Fsp3) is 0.611. The van der Waals surface area contributed by atoms with E-state index in [9.17, 15) is 21.6 Å². The molecule has 1 amide bonds. The third kappa shape index (κ3) is 4.56. The average Bonchev–Trinajstić information content (AvgIpc) is 2.98. The molecule has 1 N–H and O–H groups in total. The quantitative estimate of drug-likeness (QED) is 0.714. The second-order valence-electron chi connectivity index (χ2n) is 7.40. The summed E-state index contributed by atoms with van der Waals surface area (Å²) in [5.41, 5.74) is 0.498. The van der Waals surface area contributed by atoms with Crippen LogP contribution in [0, 0.1) is 0 Å². The van der Waals surface area contributed by atoms with Gasteiger partial charge in [-0.1, -0.05) is 6.92 Å². The number of hydrogen-bond acceptors (Lipinski definition) is 7. The molecule has 28 heavy (non-hydrogen) atoms. The number of amides is 1. The molecule has 0 spiro atoms. The summed E-state index contributed by atoms with van der Waals surface area (Å²) in [6.07, 6.45) is 0.